The van der Waals surface area contributed by atoms with Crippen LogP contribution in [0.2, 0.25) is 0 Å². The average molecular weight is 417 g/mol. The third-order valence-corrected chi connectivity index (χ3v) is 6.82. The Morgan fingerprint density at radius 1 is 0.857 bits per heavy atom. The fourth-order valence-corrected chi connectivity index (χ4v) is 5.34. The van der Waals surface area contributed by atoms with Crippen LogP contribution in [0.15, 0.2) is 83.8 Å². The lowest BCUT2D eigenvalue weighted by molar-refractivity contribution is 0.253. The van der Waals surface area contributed by atoms with Gasteiger partial charge in [0, 0.05) is 22.0 Å². The van der Waals surface area contributed by atoms with E-state index in [1.54, 1.807) is 42.5 Å². The molecule has 0 unspecified atom stereocenters. The maximum Gasteiger partial charge on any atom is 0.217 e. The van der Waals surface area contributed by atoms with Crippen LogP contribution < -0.4 is 0 Å². The lowest BCUT2D eigenvalue weighted by Crippen LogP contribution is -2.03. The molecule has 7 heteroatoms. The van der Waals surface area contributed by atoms with Crippen LogP contribution in [0.4, 0.5) is 0 Å². The van der Waals surface area contributed by atoms with Crippen molar-refractivity contribution in [1.29, 1.82) is 0 Å². The summed E-state index contributed by atoms with van der Waals surface area (Å²) in [6.45, 7) is -0.202. The number of fused-ring (bicyclic) bond motifs is 1. The van der Waals surface area contributed by atoms with Crippen LogP contribution in [0.5, 0.6) is 5.75 Å². The predicted octanol–water partition coefficient (Wildman–Crippen LogP) is 3.75. The molecular formula is C21H20O5S2. The number of hydrogen-bond acceptors (Lipinski definition) is 5. The van der Waals surface area contributed by atoms with Crippen molar-refractivity contribution in [1.82, 2.24) is 0 Å². The van der Waals surface area contributed by atoms with Gasteiger partial charge in [0.1, 0.15) is 17.3 Å². The zero-order valence-corrected chi connectivity index (χ0v) is 16.7. The minimum Gasteiger partial charge on any atom is -0.726 e. The van der Waals surface area contributed by atoms with Crippen LogP contribution in [-0.2, 0) is 43.6 Å². The molecule has 28 heavy (non-hydrogen) atoms. The Bertz CT molecular complexity index is 977. The highest BCUT2D eigenvalue weighted by Crippen LogP contribution is 2.32. The second kappa shape index (κ2) is 9.25. The van der Waals surface area contributed by atoms with Crippen molar-refractivity contribution in [2.24, 2.45) is 0 Å². The van der Waals surface area contributed by atoms with E-state index < -0.39 is 10.4 Å². The van der Waals surface area contributed by atoms with Crippen molar-refractivity contribution in [2.75, 3.05) is 0 Å². The molecule has 0 atom stereocenters. The summed E-state index contributed by atoms with van der Waals surface area (Å²) in [6.07, 6.45) is 0. The Labute approximate surface area is 167 Å². The molecule has 0 saturated carbocycles. The van der Waals surface area contributed by atoms with Crippen LogP contribution in [0.1, 0.15) is 16.7 Å². The largest absolute Gasteiger partial charge is 0.726 e. The Hall–Kier alpha value is -2.32. The molecule has 1 heterocycles. The fraction of sp³-hybridized carbons (Fsp3) is 0.143. The first-order valence-corrected chi connectivity index (χ1v) is 11.5. The topological polar surface area (TPSA) is 86.7 Å². The number of hydrogen-bond donors (Lipinski definition) is 1. The van der Waals surface area contributed by atoms with E-state index in [0.717, 1.165) is 11.5 Å². The molecule has 0 radical (unpaired) electrons. The summed E-state index contributed by atoms with van der Waals surface area (Å²) in [4.78, 5) is 1.36. The lowest BCUT2D eigenvalue weighted by atomic mass is 10.1. The maximum atomic E-state index is 10.0. The van der Waals surface area contributed by atoms with Gasteiger partial charge in [0.25, 0.3) is 0 Å². The second-order valence-electron chi connectivity index (χ2n) is 6.20. The van der Waals surface area contributed by atoms with Gasteiger partial charge in [-0.1, -0.05) is 54.6 Å². The molecule has 0 amide bonds. The van der Waals surface area contributed by atoms with E-state index in [9.17, 15) is 18.1 Å². The third-order valence-electron chi connectivity index (χ3n) is 4.16. The molecule has 0 bridgehead atoms. The number of aromatic hydroxyl groups is 1. The first-order chi connectivity index (χ1) is 13.4. The Balaban J connectivity index is 0.000000169. The molecule has 146 valence electrons. The molecule has 1 N–H and O–H groups in total. The van der Waals surface area contributed by atoms with Crippen molar-refractivity contribution < 1.29 is 22.3 Å². The molecule has 0 aliphatic carbocycles. The van der Waals surface area contributed by atoms with Gasteiger partial charge in [0.15, 0.2) is 4.90 Å². The zero-order valence-electron chi connectivity index (χ0n) is 15.0. The SMILES string of the molecule is O=S(=O)([O-])OCc1ccccc1.Oc1ccc([S+]2Cc3ccccc3C2)cc1. The second-order valence-corrected chi connectivity index (χ2v) is 9.29. The van der Waals surface area contributed by atoms with Crippen molar-refractivity contribution in [3.63, 3.8) is 0 Å². The molecule has 0 spiro atoms. The first-order valence-electron chi connectivity index (χ1n) is 8.58. The van der Waals surface area contributed by atoms with Crippen LogP contribution in [0.25, 0.3) is 0 Å². The Morgan fingerprint density at radius 2 is 1.39 bits per heavy atom. The van der Waals surface area contributed by atoms with Gasteiger partial charge in [0.05, 0.1) is 6.61 Å². The number of rotatable bonds is 4. The number of phenolic OH excluding ortho intramolecular Hbond substituents is 1. The van der Waals surface area contributed by atoms with Gasteiger partial charge < -0.3 is 9.66 Å². The van der Waals surface area contributed by atoms with E-state index in [-0.39, 0.29) is 6.61 Å². The molecule has 4 rings (SSSR count). The minimum atomic E-state index is -4.57. The lowest BCUT2D eigenvalue weighted by Gasteiger charge is -2.06. The molecule has 5 nitrogen and oxygen atoms in total. The van der Waals surface area contributed by atoms with Crippen LogP contribution >= 0.6 is 0 Å². The normalized spacial score (nSPS) is 13.5. The molecule has 1 aliphatic rings. The van der Waals surface area contributed by atoms with Gasteiger partial charge in [-0.2, -0.15) is 0 Å². The van der Waals surface area contributed by atoms with E-state index in [1.165, 1.54) is 16.0 Å². The quantitative estimate of drug-likeness (QED) is 0.398. The summed E-state index contributed by atoms with van der Waals surface area (Å²) < 4.78 is 34.1. The molecule has 3 aromatic carbocycles. The standard InChI is InChI=1S/C14H12OS.C7H8O4S/c15-13-5-7-14(8-6-13)16-9-11-3-1-2-4-12(11)10-16;8-12(9,10)11-6-7-4-2-1-3-5-7/h1-8H,9-10H2;1-5H,6H2,(H,8,9,10). The van der Waals surface area contributed by atoms with Gasteiger partial charge in [-0.3, -0.25) is 4.18 Å². The summed E-state index contributed by atoms with van der Waals surface area (Å²) in [5.41, 5.74) is 3.62. The summed E-state index contributed by atoms with van der Waals surface area (Å²) in [5.74, 6) is 2.66. The van der Waals surface area contributed by atoms with E-state index in [0.29, 0.717) is 22.2 Å². The molecule has 3 aromatic rings. The minimum absolute atomic E-state index is 0.202. The van der Waals surface area contributed by atoms with E-state index in [1.807, 2.05) is 12.1 Å². The van der Waals surface area contributed by atoms with Gasteiger partial charge in [-0.15, -0.1) is 0 Å². The van der Waals surface area contributed by atoms with Gasteiger partial charge >= 0.3 is 0 Å². The highest BCUT2D eigenvalue weighted by atomic mass is 32.3. The third kappa shape index (κ3) is 6.10. The fourth-order valence-electron chi connectivity index (χ4n) is 2.79. The predicted molar refractivity (Wildman–Crippen MR) is 109 cm³/mol. The summed E-state index contributed by atoms with van der Waals surface area (Å²) in [5, 5.41) is 9.28. The van der Waals surface area contributed by atoms with Crippen molar-refractivity contribution in [3.8, 4) is 5.75 Å². The summed E-state index contributed by atoms with van der Waals surface area (Å²) >= 11 is 0. The molecule has 0 aromatic heterocycles. The Morgan fingerprint density at radius 3 is 1.93 bits per heavy atom. The van der Waals surface area contributed by atoms with Gasteiger partial charge in [-0.05, 0) is 29.8 Å². The maximum absolute atomic E-state index is 10.0. The number of benzene rings is 3. The summed E-state index contributed by atoms with van der Waals surface area (Å²) in [7, 11) is -4.28. The zero-order chi connectivity index (χ0) is 20.0. The van der Waals surface area contributed by atoms with Crippen molar-refractivity contribution in [3.05, 3.63) is 95.6 Å². The van der Waals surface area contributed by atoms with E-state index in [2.05, 4.69) is 28.4 Å². The monoisotopic (exact) mass is 416 g/mol. The highest BCUT2D eigenvalue weighted by Gasteiger charge is 2.31. The number of phenols is 1. The van der Waals surface area contributed by atoms with E-state index in [4.69, 9.17) is 0 Å². The highest BCUT2D eigenvalue weighted by molar-refractivity contribution is 7.95. The van der Waals surface area contributed by atoms with Crippen molar-refractivity contribution in [2.45, 2.75) is 23.0 Å². The van der Waals surface area contributed by atoms with E-state index >= 15 is 0 Å². The van der Waals surface area contributed by atoms with Crippen molar-refractivity contribution >= 4 is 21.3 Å². The van der Waals surface area contributed by atoms with Crippen LogP contribution in [-0.4, -0.2) is 18.1 Å². The molecule has 0 saturated heterocycles. The van der Waals surface area contributed by atoms with Crippen LogP contribution in [0, 0.1) is 0 Å². The Kier molecular flexibility index (Phi) is 6.74. The molecular weight excluding hydrogens is 396 g/mol. The first kappa shape index (κ1) is 20.4. The smallest absolute Gasteiger partial charge is 0.217 e. The summed E-state index contributed by atoms with van der Waals surface area (Å²) in [6, 6.07) is 24.9. The van der Waals surface area contributed by atoms with Gasteiger partial charge in [0.2, 0.25) is 10.4 Å². The van der Waals surface area contributed by atoms with Gasteiger partial charge in [-0.25, -0.2) is 8.42 Å². The van der Waals surface area contributed by atoms with Crippen LogP contribution in [0.3, 0.4) is 0 Å². The molecule has 1 aliphatic heterocycles. The average Bonchev–Trinajstić information content (AvgIpc) is 3.12. The molecule has 0 fully saturated rings.